The van der Waals surface area contributed by atoms with Gasteiger partial charge < -0.3 is 10.1 Å². The van der Waals surface area contributed by atoms with Gasteiger partial charge in [0.2, 0.25) is 0 Å². The Kier molecular flexibility index (Phi) is 3.45. The highest BCUT2D eigenvalue weighted by atomic mass is 16.5. The van der Waals surface area contributed by atoms with E-state index in [4.69, 9.17) is 4.74 Å². The van der Waals surface area contributed by atoms with Gasteiger partial charge in [0.05, 0.1) is 13.2 Å². The fraction of sp³-hybridized carbons (Fsp3) is 1.00. The van der Waals surface area contributed by atoms with Crippen molar-refractivity contribution in [2.45, 2.75) is 57.4 Å². The van der Waals surface area contributed by atoms with Crippen molar-refractivity contribution in [2.24, 2.45) is 17.3 Å². The normalized spacial score (nSPS) is 37.9. The standard InChI is InChI=1S/C15H27NO/c1-16-14-8-6-13(7-9-14)15(10-17-11-15)12-4-2-3-5-12/h12-14,16H,2-11H2,1H3. The molecule has 0 aromatic carbocycles. The van der Waals surface area contributed by atoms with Crippen LogP contribution in [-0.2, 0) is 4.74 Å². The molecule has 0 bridgehead atoms. The van der Waals surface area contributed by atoms with Gasteiger partial charge in [0.15, 0.2) is 0 Å². The summed E-state index contributed by atoms with van der Waals surface area (Å²) in [6.45, 7) is 2.15. The van der Waals surface area contributed by atoms with Crippen molar-refractivity contribution in [3.63, 3.8) is 0 Å². The van der Waals surface area contributed by atoms with Crippen LogP contribution in [-0.4, -0.2) is 26.3 Å². The first kappa shape index (κ1) is 12.0. The number of ether oxygens (including phenoxy) is 1. The second-order valence-electron chi connectivity index (χ2n) is 6.54. The monoisotopic (exact) mass is 237 g/mol. The molecule has 3 fully saturated rings. The van der Waals surface area contributed by atoms with Crippen LogP contribution in [0.2, 0.25) is 0 Å². The smallest absolute Gasteiger partial charge is 0.0550 e. The zero-order chi connectivity index (χ0) is 11.7. The number of rotatable bonds is 3. The fourth-order valence-corrected chi connectivity index (χ4v) is 4.60. The molecule has 0 radical (unpaired) electrons. The molecule has 0 atom stereocenters. The molecule has 0 aromatic rings. The minimum absolute atomic E-state index is 0.606. The molecule has 3 rings (SSSR count). The van der Waals surface area contributed by atoms with Gasteiger partial charge in [-0.3, -0.25) is 0 Å². The molecule has 0 unspecified atom stereocenters. The first-order valence-electron chi connectivity index (χ1n) is 7.60. The van der Waals surface area contributed by atoms with Gasteiger partial charge in [-0.25, -0.2) is 0 Å². The van der Waals surface area contributed by atoms with Gasteiger partial charge in [0.25, 0.3) is 0 Å². The molecule has 2 aliphatic carbocycles. The molecule has 2 heteroatoms. The van der Waals surface area contributed by atoms with Crippen LogP contribution in [0.3, 0.4) is 0 Å². The van der Waals surface area contributed by atoms with E-state index in [2.05, 4.69) is 12.4 Å². The van der Waals surface area contributed by atoms with Crippen LogP contribution in [0.4, 0.5) is 0 Å². The third-order valence-electron chi connectivity index (χ3n) is 5.86. The SMILES string of the molecule is CNC1CCC(C2(C3CCCC3)COC2)CC1. The first-order valence-corrected chi connectivity index (χ1v) is 7.60. The van der Waals surface area contributed by atoms with Gasteiger partial charge in [-0.1, -0.05) is 12.8 Å². The maximum Gasteiger partial charge on any atom is 0.0550 e. The molecule has 3 aliphatic rings. The van der Waals surface area contributed by atoms with E-state index in [9.17, 15) is 0 Å². The lowest BCUT2D eigenvalue weighted by Gasteiger charge is -2.53. The van der Waals surface area contributed by atoms with Crippen LogP contribution in [0.25, 0.3) is 0 Å². The van der Waals surface area contributed by atoms with Crippen LogP contribution >= 0.6 is 0 Å². The topological polar surface area (TPSA) is 21.3 Å². The Labute approximate surface area is 105 Å². The summed E-state index contributed by atoms with van der Waals surface area (Å²) in [5.74, 6) is 1.95. The molecular formula is C15H27NO. The molecule has 1 saturated heterocycles. The van der Waals surface area contributed by atoms with Crippen molar-refractivity contribution in [1.82, 2.24) is 5.32 Å². The summed E-state index contributed by atoms with van der Waals surface area (Å²) in [6, 6.07) is 0.785. The molecule has 2 saturated carbocycles. The summed E-state index contributed by atoms with van der Waals surface area (Å²) < 4.78 is 5.64. The summed E-state index contributed by atoms with van der Waals surface area (Å²) in [7, 11) is 2.12. The van der Waals surface area contributed by atoms with E-state index in [0.29, 0.717) is 5.41 Å². The molecule has 0 spiro atoms. The van der Waals surface area contributed by atoms with Gasteiger partial charge in [0, 0.05) is 11.5 Å². The lowest BCUT2D eigenvalue weighted by Crippen LogP contribution is -2.54. The van der Waals surface area contributed by atoms with Gasteiger partial charge in [-0.15, -0.1) is 0 Å². The van der Waals surface area contributed by atoms with Gasteiger partial charge in [-0.2, -0.15) is 0 Å². The van der Waals surface area contributed by atoms with Crippen LogP contribution in [0.1, 0.15) is 51.4 Å². The Morgan fingerprint density at radius 3 is 1.94 bits per heavy atom. The lowest BCUT2D eigenvalue weighted by molar-refractivity contribution is -0.184. The Bertz CT molecular complexity index is 248. The quantitative estimate of drug-likeness (QED) is 0.815. The summed E-state index contributed by atoms with van der Waals surface area (Å²) in [5.41, 5.74) is 0.606. The van der Waals surface area contributed by atoms with Gasteiger partial charge in [0.1, 0.15) is 0 Å². The maximum absolute atomic E-state index is 5.64. The van der Waals surface area contributed by atoms with E-state index in [1.807, 2.05) is 0 Å². The highest BCUT2D eigenvalue weighted by molar-refractivity contribution is 5.00. The van der Waals surface area contributed by atoms with Crippen LogP contribution in [0, 0.1) is 17.3 Å². The van der Waals surface area contributed by atoms with E-state index in [-0.39, 0.29) is 0 Å². The zero-order valence-electron chi connectivity index (χ0n) is 11.2. The van der Waals surface area contributed by atoms with E-state index in [1.54, 1.807) is 0 Å². The summed E-state index contributed by atoms with van der Waals surface area (Å²) in [4.78, 5) is 0. The molecule has 0 amide bonds. The van der Waals surface area contributed by atoms with Gasteiger partial charge in [-0.05, 0) is 57.4 Å². The Morgan fingerprint density at radius 1 is 0.882 bits per heavy atom. The average Bonchev–Trinajstić information content (AvgIpc) is 2.83. The first-order chi connectivity index (χ1) is 8.35. The van der Waals surface area contributed by atoms with E-state index < -0.39 is 0 Å². The van der Waals surface area contributed by atoms with Gasteiger partial charge >= 0.3 is 0 Å². The second kappa shape index (κ2) is 4.89. The molecule has 1 N–H and O–H groups in total. The Hall–Kier alpha value is -0.0800. The van der Waals surface area contributed by atoms with E-state index >= 15 is 0 Å². The number of nitrogens with one attached hydrogen (secondary N) is 1. The molecule has 0 aromatic heterocycles. The van der Waals surface area contributed by atoms with Crippen molar-refractivity contribution in [2.75, 3.05) is 20.3 Å². The molecule has 1 aliphatic heterocycles. The molecule has 2 nitrogen and oxygen atoms in total. The largest absolute Gasteiger partial charge is 0.380 e. The number of hydrogen-bond acceptors (Lipinski definition) is 2. The predicted octanol–water partition coefficient (Wildman–Crippen LogP) is 2.97. The highest BCUT2D eigenvalue weighted by Gasteiger charge is 2.51. The minimum atomic E-state index is 0.606. The zero-order valence-corrected chi connectivity index (χ0v) is 11.2. The van der Waals surface area contributed by atoms with Crippen molar-refractivity contribution in [3.05, 3.63) is 0 Å². The van der Waals surface area contributed by atoms with Crippen molar-refractivity contribution in [3.8, 4) is 0 Å². The molecule has 98 valence electrons. The van der Waals surface area contributed by atoms with Crippen molar-refractivity contribution < 1.29 is 4.74 Å². The Morgan fingerprint density at radius 2 is 1.47 bits per heavy atom. The lowest BCUT2D eigenvalue weighted by atomic mass is 9.60. The van der Waals surface area contributed by atoms with Crippen molar-refractivity contribution >= 4 is 0 Å². The third kappa shape index (κ3) is 2.04. The average molecular weight is 237 g/mol. The highest BCUT2D eigenvalue weighted by Crippen LogP contribution is 2.53. The third-order valence-corrected chi connectivity index (χ3v) is 5.86. The predicted molar refractivity (Wildman–Crippen MR) is 70.0 cm³/mol. The molecule has 17 heavy (non-hydrogen) atoms. The Balaban J connectivity index is 1.65. The molecule has 1 heterocycles. The minimum Gasteiger partial charge on any atom is -0.380 e. The van der Waals surface area contributed by atoms with Crippen LogP contribution in [0.15, 0.2) is 0 Å². The van der Waals surface area contributed by atoms with Crippen LogP contribution in [0.5, 0.6) is 0 Å². The summed E-state index contributed by atoms with van der Waals surface area (Å²) in [5, 5.41) is 3.45. The molecular weight excluding hydrogens is 210 g/mol. The van der Waals surface area contributed by atoms with Crippen LogP contribution < -0.4 is 5.32 Å². The van der Waals surface area contributed by atoms with E-state index in [0.717, 1.165) is 31.1 Å². The van der Waals surface area contributed by atoms with Crippen molar-refractivity contribution in [1.29, 1.82) is 0 Å². The maximum atomic E-state index is 5.64. The summed E-state index contributed by atoms with van der Waals surface area (Å²) >= 11 is 0. The number of hydrogen-bond donors (Lipinski definition) is 1. The summed E-state index contributed by atoms with van der Waals surface area (Å²) in [6.07, 6.45) is 11.5. The fourth-order valence-electron chi connectivity index (χ4n) is 4.60. The van der Waals surface area contributed by atoms with E-state index in [1.165, 1.54) is 51.4 Å². The second-order valence-corrected chi connectivity index (χ2v) is 6.54.